The van der Waals surface area contributed by atoms with E-state index in [1.165, 1.54) is 12.8 Å². The quantitative estimate of drug-likeness (QED) is 0.797. The Hall–Kier alpha value is -2.82. The van der Waals surface area contributed by atoms with Crippen LogP contribution < -0.4 is 10.1 Å². The summed E-state index contributed by atoms with van der Waals surface area (Å²) in [5, 5.41) is 12.2. The number of carbonyl (C=O) groups excluding carboxylic acids is 1. The fourth-order valence-electron chi connectivity index (χ4n) is 3.24. The summed E-state index contributed by atoms with van der Waals surface area (Å²) in [5.74, 6) is -1.36. The first-order chi connectivity index (χ1) is 12.6. The Kier molecular flexibility index (Phi) is 5.89. The van der Waals surface area contributed by atoms with Crippen LogP contribution >= 0.6 is 0 Å². The van der Waals surface area contributed by atoms with Crippen molar-refractivity contribution in [1.82, 2.24) is 5.32 Å². The van der Waals surface area contributed by atoms with Crippen LogP contribution in [0.25, 0.3) is 0 Å². The second kappa shape index (κ2) is 8.52. The Bertz CT molecular complexity index is 754. The highest BCUT2D eigenvalue weighted by atomic mass is 16.5. The third-order valence-electron chi connectivity index (χ3n) is 4.67. The van der Waals surface area contributed by atoms with Gasteiger partial charge in [-0.3, -0.25) is 9.59 Å². The van der Waals surface area contributed by atoms with Crippen molar-refractivity contribution >= 4 is 11.9 Å². The van der Waals surface area contributed by atoms with E-state index in [2.05, 4.69) is 5.32 Å². The molecule has 2 N–H and O–H groups in total. The van der Waals surface area contributed by atoms with Crippen LogP contribution in [-0.2, 0) is 4.79 Å². The first kappa shape index (κ1) is 18.0. The number of hydrogen-bond acceptors (Lipinski definition) is 3. The zero-order chi connectivity index (χ0) is 18.4. The Morgan fingerprint density at radius 1 is 1.08 bits per heavy atom. The number of hydrogen-bond donors (Lipinski definition) is 2. The zero-order valence-electron chi connectivity index (χ0n) is 14.6. The summed E-state index contributed by atoms with van der Waals surface area (Å²) in [5.41, 5.74) is 1.14. The van der Waals surface area contributed by atoms with Gasteiger partial charge in [-0.2, -0.15) is 0 Å². The highest BCUT2D eigenvalue weighted by Gasteiger charge is 2.21. The molecular weight excluding hydrogens is 330 g/mol. The van der Waals surface area contributed by atoms with Gasteiger partial charge in [-0.05, 0) is 49.4 Å². The molecule has 2 aromatic rings. The highest BCUT2D eigenvalue weighted by Crippen LogP contribution is 2.24. The van der Waals surface area contributed by atoms with Gasteiger partial charge in [0.05, 0.1) is 12.0 Å². The number of nitrogens with one attached hydrogen (secondary N) is 1. The van der Waals surface area contributed by atoms with Gasteiger partial charge in [0, 0.05) is 12.1 Å². The molecule has 0 radical (unpaired) electrons. The third-order valence-corrected chi connectivity index (χ3v) is 4.67. The van der Waals surface area contributed by atoms with E-state index >= 15 is 0 Å². The fraction of sp³-hybridized carbons (Fsp3) is 0.333. The topological polar surface area (TPSA) is 75.6 Å². The van der Waals surface area contributed by atoms with Crippen LogP contribution in [0.2, 0.25) is 0 Å². The normalized spacial score (nSPS) is 15.4. The molecule has 0 aromatic heterocycles. The van der Waals surface area contributed by atoms with Crippen molar-refractivity contribution in [3.8, 4) is 5.75 Å². The van der Waals surface area contributed by atoms with E-state index in [9.17, 15) is 14.7 Å². The molecule has 5 nitrogen and oxygen atoms in total. The summed E-state index contributed by atoms with van der Waals surface area (Å²) in [6.45, 7) is 0.0336. The second-order valence-electron chi connectivity index (χ2n) is 6.56. The Balaban J connectivity index is 1.62. The molecule has 0 saturated heterocycles. The van der Waals surface area contributed by atoms with Crippen LogP contribution in [0.1, 0.15) is 47.5 Å². The van der Waals surface area contributed by atoms with E-state index in [0.717, 1.165) is 12.8 Å². The van der Waals surface area contributed by atoms with Crippen molar-refractivity contribution in [2.75, 3.05) is 6.54 Å². The summed E-state index contributed by atoms with van der Waals surface area (Å²) in [6, 6.07) is 16.0. The van der Waals surface area contributed by atoms with Gasteiger partial charge < -0.3 is 15.2 Å². The standard InChI is InChI=1S/C21H23NO4/c23-20(22-14-19(21(24)25)15-7-2-1-3-8-15)16-9-6-12-18(13-16)26-17-10-4-5-11-17/h1-3,6-9,12-13,17,19H,4-5,10-11,14H2,(H,22,23)(H,24,25). The minimum absolute atomic E-state index is 0.0336. The Morgan fingerprint density at radius 3 is 2.50 bits per heavy atom. The summed E-state index contributed by atoms with van der Waals surface area (Å²) in [7, 11) is 0. The maximum absolute atomic E-state index is 12.4. The Labute approximate surface area is 153 Å². The second-order valence-corrected chi connectivity index (χ2v) is 6.56. The molecule has 0 aliphatic heterocycles. The molecule has 0 spiro atoms. The highest BCUT2D eigenvalue weighted by molar-refractivity contribution is 5.95. The van der Waals surface area contributed by atoms with Gasteiger partial charge in [-0.1, -0.05) is 36.4 Å². The number of carbonyl (C=O) groups is 2. The smallest absolute Gasteiger partial charge is 0.312 e. The first-order valence-corrected chi connectivity index (χ1v) is 8.96. The van der Waals surface area contributed by atoms with Gasteiger partial charge in [0.2, 0.25) is 0 Å². The number of ether oxygens (including phenoxy) is 1. The Morgan fingerprint density at radius 2 is 1.81 bits per heavy atom. The summed E-state index contributed by atoms with van der Waals surface area (Å²) in [6.07, 6.45) is 4.69. The van der Waals surface area contributed by atoms with E-state index in [1.807, 2.05) is 12.1 Å². The molecule has 1 atom stereocenters. The molecule has 1 unspecified atom stereocenters. The van der Waals surface area contributed by atoms with Crippen LogP contribution in [0.5, 0.6) is 5.75 Å². The van der Waals surface area contributed by atoms with Gasteiger partial charge in [0.25, 0.3) is 5.91 Å². The van der Waals surface area contributed by atoms with Gasteiger partial charge >= 0.3 is 5.97 Å². The lowest BCUT2D eigenvalue weighted by atomic mass is 9.99. The number of carboxylic acid groups (broad SMARTS) is 1. The number of aliphatic carboxylic acids is 1. The molecule has 136 valence electrons. The minimum atomic E-state index is -0.963. The number of rotatable bonds is 7. The zero-order valence-corrected chi connectivity index (χ0v) is 14.6. The molecule has 1 saturated carbocycles. The molecule has 0 bridgehead atoms. The summed E-state index contributed by atoms with van der Waals surface area (Å²) >= 11 is 0. The lowest BCUT2D eigenvalue weighted by Crippen LogP contribution is -2.31. The largest absolute Gasteiger partial charge is 0.490 e. The lowest BCUT2D eigenvalue weighted by molar-refractivity contribution is -0.138. The van der Waals surface area contributed by atoms with Gasteiger partial charge in [0.1, 0.15) is 5.75 Å². The van der Waals surface area contributed by atoms with E-state index in [4.69, 9.17) is 4.74 Å². The van der Waals surface area contributed by atoms with Crippen LogP contribution in [0.3, 0.4) is 0 Å². The molecule has 1 fully saturated rings. The predicted octanol–water partition coefficient (Wildman–Crippen LogP) is 3.61. The van der Waals surface area contributed by atoms with E-state index in [-0.39, 0.29) is 18.6 Å². The molecule has 5 heteroatoms. The molecule has 3 rings (SSSR count). The first-order valence-electron chi connectivity index (χ1n) is 8.96. The average Bonchev–Trinajstić information content (AvgIpc) is 3.15. The number of carboxylic acids is 1. The van der Waals surface area contributed by atoms with Crippen molar-refractivity contribution in [2.45, 2.75) is 37.7 Å². The summed E-state index contributed by atoms with van der Waals surface area (Å²) in [4.78, 5) is 24.0. The van der Waals surface area contributed by atoms with E-state index in [0.29, 0.717) is 16.9 Å². The monoisotopic (exact) mass is 353 g/mol. The maximum Gasteiger partial charge on any atom is 0.312 e. The third kappa shape index (κ3) is 4.63. The van der Waals surface area contributed by atoms with Crippen molar-refractivity contribution in [1.29, 1.82) is 0 Å². The van der Waals surface area contributed by atoms with E-state index in [1.54, 1.807) is 42.5 Å². The molecule has 1 aliphatic carbocycles. The predicted molar refractivity (Wildman–Crippen MR) is 98.5 cm³/mol. The van der Waals surface area contributed by atoms with Crippen LogP contribution in [-0.4, -0.2) is 29.6 Å². The molecule has 1 amide bonds. The fourth-order valence-corrected chi connectivity index (χ4v) is 3.24. The SMILES string of the molecule is O=C(NCC(C(=O)O)c1ccccc1)c1cccc(OC2CCCC2)c1. The minimum Gasteiger partial charge on any atom is -0.490 e. The maximum atomic E-state index is 12.4. The van der Waals surface area contributed by atoms with Crippen molar-refractivity contribution < 1.29 is 19.4 Å². The van der Waals surface area contributed by atoms with Crippen LogP contribution in [0.15, 0.2) is 54.6 Å². The summed E-state index contributed by atoms with van der Waals surface area (Å²) < 4.78 is 5.93. The van der Waals surface area contributed by atoms with Crippen molar-refractivity contribution in [3.63, 3.8) is 0 Å². The van der Waals surface area contributed by atoms with Crippen molar-refractivity contribution in [2.24, 2.45) is 0 Å². The van der Waals surface area contributed by atoms with Gasteiger partial charge in [0.15, 0.2) is 0 Å². The van der Waals surface area contributed by atoms with E-state index < -0.39 is 11.9 Å². The number of amides is 1. The number of benzene rings is 2. The van der Waals surface area contributed by atoms with Crippen LogP contribution in [0.4, 0.5) is 0 Å². The lowest BCUT2D eigenvalue weighted by Gasteiger charge is -2.15. The average molecular weight is 353 g/mol. The van der Waals surface area contributed by atoms with Crippen molar-refractivity contribution in [3.05, 3.63) is 65.7 Å². The molecule has 0 heterocycles. The van der Waals surface area contributed by atoms with Gasteiger partial charge in [-0.15, -0.1) is 0 Å². The molecule has 2 aromatic carbocycles. The molecular formula is C21H23NO4. The molecule has 1 aliphatic rings. The molecule has 26 heavy (non-hydrogen) atoms. The van der Waals surface area contributed by atoms with Gasteiger partial charge in [-0.25, -0.2) is 0 Å². The van der Waals surface area contributed by atoms with Crippen LogP contribution in [0, 0.1) is 0 Å².